The molecule has 8 nitrogen and oxygen atoms in total. The van der Waals surface area contributed by atoms with E-state index in [-0.39, 0.29) is 23.7 Å². The topological polar surface area (TPSA) is 109 Å². The number of nitrogens with zero attached hydrogens (tertiary/aromatic N) is 3. The van der Waals surface area contributed by atoms with Gasteiger partial charge in [0.05, 0.1) is 24.6 Å². The van der Waals surface area contributed by atoms with Crippen molar-refractivity contribution in [3.05, 3.63) is 52.9 Å². The van der Waals surface area contributed by atoms with Crippen molar-refractivity contribution < 1.29 is 19.4 Å². The molecule has 2 heterocycles. The van der Waals surface area contributed by atoms with E-state index < -0.39 is 8.32 Å². The van der Waals surface area contributed by atoms with Crippen LogP contribution in [0.15, 0.2) is 36.8 Å². The monoisotopic (exact) mass is 530 g/mol. The molecule has 2 aromatic heterocycles. The highest BCUT2D eigenvalue weighted by molar-refractivity contribution is 6.72. The van der Waals surface area contributed by atoms with Crippen LogP contribution in [0.2, 0.25) is 23.2 Å². The van der Waals surface area contributed by atoms with Crippen LogP contribution in [0.4, 0.5) is 5.69 Å². The summed E-state index contributed by atoms with van der Waals surface area (Å²) in [4.78, 5) is 28.0. The third-order valence-electron chi connectivity index (χ3n) is 7.57. The summed E-state index contributed by atoms with van der Waals surface area (Å²) in [6.45, 7) is 8.26. The molecule has 0 bridgehead atoms. The number of fused-ring (bicyclic) bond motifs is 1. The maximum Gasteiger partial charge on any atom is 0.261 e. The minimum absolute atomic E-state index is 0.0222. The first kappa shape index (κ1) is 26.6. The summed E-state index contributed by atoms with van der Waals surface area (Å²) in [5.74, 6) is 0.785. The molecule has 0 spiro atoms. The second-order valence-corrected chi connectivity index (χ2v) is 15.9. The molecule has 1 saturated carbocycles. The SMILES string of the molecule is CC(C)(CC1CCC(Oc2ccc(Cl)cc2NC(=O)c2cnn3cc(CO)cnc23)CC1)[Si](C)(C)O. The lowest BCUT2D eigenvalue weighted by atomic mass is 9.82. The number of carbonyl (C=O) groups is 1. The molecule has 10 heteroatoms. The van der Waals surface area contributed by atoms with Gasteiger partial charge in [0, 0.05) is 23.0 Å². The minimum atomic E-state index is -2.23. The Morgan fingerprint density at radius 3 is 2.64 bits per heavy atom. The van der Waals surface area contributed by atoms with Crippen LogP contribution >= 0.6 is 11.6 Å². The highest BCUT2D eigenvalue weighted by Crippen LogP contribution is 2.45. The fourth-order valence-corrected chi connectivity index (χ4v) is 5.61. The van der Waals surface area contributed by atoms with E-state index in [1.54, 1.807) is 24.4 Å². The van der Waals surface area contributed by atoms with Gasteiger partial charge in [-0.05, 0) is 74.4 Å². The number of benzene rings is 1. The normalized spacial score (nSPS) is 18.9. The molecule has 0 saturated heterocycles. The largest absolute Gasteiger partial charge is 0.488 e. The highest BCUT2D eigenvalue weighted by atomic mass is 35.5. The number of carbonyl (C=O) groups excluding carboxylic acids is 1. The summed E-state index contributed by atoms with van der Waals surface area (Å²) in [5, 5.41) is 16.9. The third kappa shape index (κ3) is 5.91. The predicted molar refractivity (Wildman–Crippen MR) is 143 cm³/mol. The average Bonchev–Trinajstić information content (AvgIpc) is 3.24. The Balaban J connectivity index is 1.43. The summed E-state index contributed by atoms with van der Waals surface area (Å²) in [5.41, 5.74) is 1.80. The van der Waals surface area contributed by atoms with Crippen molar-refractivity contribution in [1.82, 2.24) is 14.6 Å². The summed E-state index contributed by atoms with van der Waals surface area (Å²) in [6, 6.07) is 5.22. The number of aliphatic hydroxyl groups is 1. The number of amides is 1. The molecule has 3 N–H and O–H groups in total. The molecule has 1 aliphatic rings. The second-order valence-electron chi connectivity index (χ2n) is 10.9. The quantitative estimate of drug-likeness (QED) is 0.335. The molecule has 0 unspecified atom stereocenters. The first-order valence-corrected chi connectivity index (χ1v) is 15.7. The average molecular weight is 531 g/mol. The van der Waals surface area contributed by atoms with Crippen LogP contribution in [-0.2, 0) is 6.61 Å². The minimum Gasteiger partial charge on any atom is -0.488 e. The molecule has 1 amide bonds. The fourth-order valence-electron chi connectivity index (χ4n) is 4.65. The molecule has 0 atom stereocenters. The molecule has 36 heavy (non-hydrogen) atoms. The van der Waals surface area contributed by atoms with Gasteiger partial charge in [-0.1, -0.05) is 25.4 Å². The summed E-state index contributed by atoms with van der Waals surface area (Å²) in [7, 11) is -2.23. The summed E-state index contributed by atoms with van der Waals surface area (Å²) in [6.07, 6.45) is 9.64. The maximum absolute atomic E-state index is 13.1. The molecule has 194 valence electrons. The Labute approximate surface area is 217 Å². The van der Waals surface area contributed by atoms with Gasteiger partial charge in [-0.25, -0.2) is 9.50 Å². The number of halogens is 1. The van der Waals surface area contributed by atoms with E-state index in [2.05, 4.69) is 29.2 Å². The van der Waals surface area contributed by atoms with E-state index in [1.165, 1.54) is 16.9 Å². The van der Waals surface area contributed by atoms with Crippen LogP contribution < -0.4 is 10.1 Å². The number of hydrogen-bond donors (Lipinski definition) is 3. The van der Waals surface area contributed by atoms with E-state index in [4.69, 9.17) is 16.3 Å². The molecule has 1 aliphatic carbocycles. The molecule has 0 aliphatic heterocycles. The van der Waals surface area contributed by atoms with Gasteiger partial charge in [0.1, 0.15) is 11.3 Å². The molecule has 0 radical (unpaired) electrons. The first-order chi connectivity index (χ1) is 17.0. The number of hydrogen-bond acceptors (Lipinski definition) is 6. The second kappa shape index (κ2) is 10.5. The van der Waals surface area contributed by atoms with Gasteiger partial charge in [-0.15, -0.1) is 0 Å². The summed E-state index contributed by atoms with van der Waals surface area (Å²) < 4.78 is 7.81. The van der Waals surface area contributed by atoms with Gasteiger partial charge >= 0.3 is 0 Å². The van der Waals surface area contributed by atoms with Crippen molar-refractivity contribution in [3.63, 3.8) is 0 Å². The summed E-state index contributed by atoms with van der Waals surface area (Å²) >= 11 is 6.24. The van der Waals surface area contributed by atoms with Crippen molar-refractivity contribution in [3.8, 4) is 5.75 Å². The predicted octanol–water partition coefficient (Wildman–Crippen LogP) is 5.43. The lowest BCUT2D eigenvalue weighted by Gasteiger charge is -2.40. The number of aliphatic hydroxyl groups excluding tert-OH is 1. The van der Waals surface area contributed by atoms with Gasteiger partial charge in [-0.3, -0.25) is 4.79 Å². The van der Waals surface area contributed by atoms with E-state index >= 15 is 0 Å². The molecule has 4 rings (SSSR count). The Bertz CT molecular complexity index is 1230. The molecular weight excluding hydrogens is 496 g/mol. The lowest BCUT2D eigenvalue weighted by molar-refractivity contribution is 0.102. The van der Waals surface area contributed by atoms with Crippen LogP contribution in [0.5, 0.6) is 5.75 Å². The van der Waals surface area contributed by atoms with Crippen molar-refractivity contribution in [2.75, 3.05) is 5.32 Å². The number of aromatic nitrogens is 3. The maximum atomic E-state index is 13.1. The molecule has 3 aromatic rings. The van der Waals surface area contributed by atoms with Crippen molar-refractivity contribution in [1.29, 1.82) is 0 Å². The van der Waals surface area contributed by atoms with Crippen LogP contribution in [0, 0.1) is 5.92 Å². The first-order valence-electron chi connectivity index (χ1n) is 12.4. The Hall–Kier alpha value is -2.46. The highest BCUT2D eigenvalue weighted by Gasteiger charge is 2.40. The van der Waals surface area contributed by atoms with E-state index in [0.717, 1.165) is 32.1 Å². The Kier molecular flexibility index (Phi) is 7.75. The number of rotatable bonds is 8. The van der Waals surface area contributed by atoms with Gasteiger partial charge in [0.25, 0.3) is 5.91 Å². The third-order valence-corrected chi connectivity index (χ3v) is 11.3. The van der Waals surface area contributed by atoms with Crippen LogP contribution in [0.1, 0.15) is 61.9 Å². The van der Waals surface area contributed by atoms with Crippen molar-refractivity contribution >= 4 is 37.2 Å². The zero-order valence-corrected chi connectivity index (χ0v) is 23.0. The molecule has 1 fully saturated rings. The molecular formula is C26H35ClN4O4Si. The van der Waals surface area contributed by atoms with E-state index in [1.807, 2.05) is 13.1 Å². The van der Waals surface area contributed by atoms with Crippen LogP contribution in [-0.4, -0.2) is 44.8 Å². The van der Waals surface area contributed by atoms with Crippen molar-refractivity contribution in [2.45, 2.75) is 76.8 Å². The molecule has 1 aromatic carbocycles. The fraction of sp³-hybridized carbons (Fsp3) is 0.500. The van der Waals surface area contributed by atoms with Gasteiger partial charge in [0.15, 0.2) is 14.0 Å². The van der Waals surface area contributed by atoms with E-state index in [0.29, 0.717) is 39.2 Å². The van der Waals surface area contributed by atoms with Gasteiger partial charge in [0.2, 0.25) is 0 Å². The number of nitrogens with one attached hydrogen (secondary N) is 1. The van der Waals surface area contributed by atoms with Gasteiger partial charge in [-0.2, -0.15) is 5.10 Å². The zero-order chi connectivity index (χ0) is 26.1. The van der Waals surface area contributed by atoms with Crippen molar-refractivity contribution in [2.24, 2.45) is 5.92 Å². The zero-order valence-electron chi connectivity index (χ0n) is 21.3. The standard InChI is InChI=1S/C26H35ClN4O4Si/c1-26(2,36(3,4)34)12-17-5-8-20(9-6-17)35-23-10-7-19(27)11-22(23)30-25(33)21-14-29-31-15-18(16-32)13-28-24(21)31/h7,10-11,13-15,17,20,32,34H,5-6,8-9,12,16H2,1-4H3,(H,30,33). The van der Waals surface area contributed by atoms with Crippen LogP contribution in [0.3, 0.4) is 0 Å². The Morgan fingerprint density at radius 1 is 1.25 bits per heavy atom. The smallest absolute Gasteiger partial charge is 0.261 e. The number of ether oxygens (including phenoxy) is 1. The van der Waals surface area contributed by atoms with E-state index in [9.17, 15) is 14.7 Å². The Morgan fingerprint density at radius 2 is 1.97 bits per heavy atom. The number of anilines is 1. The lowest BCUT2D eigenvalue weighted by Crippen LogP contribution is -2.40. The van der Waals surface area contributed by atoms with Gasteiger partial charge < -0.3 is 20.0 Å². The van der Waals surface area contributed by atoms with Crippen LogP contribution in [0.25, 0.3) is 5.65 Å².